The number of hydrogen-bond acceptors (Lipinski definition) is 11. The second-order valence-electron chi connectivity index (χ2n) is 17.7. The van der Waals surface area contributed by atoms with Gasteiger partial charge >= 0.3 is 5.69 Å². The molecular formula is C43H46F2N12O5. The van der Waals surface area contributed by atoms with Crippen molar-refractivity contribution in [3.8, 4) is 0 Å². The minimum absolute atomic E-state index is 0.0986. The van der Waals surface area contributed by atoms with Gasteiger partial charge in [0.25, 0.3) is 11.8 Å². The Morgan fingerprint density at radius 2 is 1.90 bits per heavy atom. The van der Waals surface area contributed by atoms with Crippen LogP contribution in [0.4, 0.5) is 20.4 Å². The zero-order valence-corrected chi connectivity index (χ0v) is 34.1. The van der Waals surface area contributed by atoms with Crippen molar-refractivity contribution < 1.29 is 27.9 Å². The van der Waals surface area contributed by atoms with E-state index in [1.807, 2.05) is 34.1 Å². The van der Waals surface area contributed by atoms with E-state index >= 15 is 8.78 Å². The van der Waals surface area contributed by atoms with Crippen molar-refractivity contribution in [2.75, 3.05) is 43.0 Å². The van der Waals surface area contributed by atoms with E-state index in [9.17, 15) is 19.2 Å². The average Bonchev–Trinajstić information content (AvgIpc) is 4.10. The van der Waals surface area contributed by atoms with Crippen molar-refractivity contribution in [2.24, 2.45) is 13.0 Å². The number of halogens is 2. The normalized spacial score (nSPS) is 26.5. The third-order valence-electron chi connectivity index (χ3n) is 13.9. The molecule has 9 heterocycles. The molecule has 19 heteroatoms. The Kier molecular flexibility index (Phi) is 9.26. The second-order valence-corrected chi connectivity index (χ2v) is 17.7. The number of nitrogens with one attached hydrogen (secondary N) is 2. The molecule has 2 bridgehead atoms. The van der Waals surface area contributed by atoms with Gasteiger partial charge in [0, 0.05) is 44.3 Å². The van der Waals surface area contributed by atoms with Crippen LogP contribution in [0.25, 0.3) is 27.6 Å². The lowest BCUT2D eigenvalue weighted by Gasteiger charge is -2.41. The molecule has 17 nitrogen and oxygen atoms in total. The first kappa shape index (κ1) is 38.8. The van der Waals surface area contributed by atoms with Gasteiger partial charge in [0.2, 0.25) is 11.8 Å². The van der Waals surface area contributed by atoms with E-state index in [4.69, 9.17) is 14.8 Å². The molecule has 1 aromatic carbocycles. The number of piperidine rings is 2. The van der Waals surface area contributed by atoms with Gasteiger partial charge in [-0.25, -0.2) is 28.1 Å². The second kappa shape index (κ2) is 14.8. The number of amides is 3. The largest absolute Gasteiger partial charge is 0.374 e. The Bertz CT molecular complexity index is 2840. The Labute approximate surface area is 353 Å². The highest BCUT2D eigenvalue weighted by Crippen LogP contribution is 2.44. The summed E-state index contributed by atoms with van der Waals surface area (Å²) >= 11 is 0. The zero-order valence-electron chi connectivity index (χ0n) is 34.1. The number of imide groups is 1. The van der Waals surface area contributed by atoms with Crippen LogP contribution in [0, 0.1) is 5.92 Å². The summed E-state index contributed by atoms with van der Waals surface area (Å²) in [5.41, 5.74) is 2.27. The predicted octanol–water partition coefficient (Wildman–Crippen LogP) is 4.19. The van der Waals surface area contributed by atoms with E-state index < -0.39 is 35.4 Å². The van der Waals surface area contributed by atoms with Gasteiger partial charge in [0.1, 0.15) is 28.8 Å². The Balaban J connectivity index is 0.717. The molecule has 5 aliphatic rings. The lowest BCUT2D eigenvalue weighted by molar-refractivity contribution is -0.135. The molecule has 322 valence electrons. The van der Waals surface area contributed by atoms with Gasteiger partial charge in [-0.15, -0.1) is 0 Å². The Morgan fingerprint density at radius 1 is 1.05 bits per heavy atom. The number of alkyl halides is 2. The van der Waals surface area contributed by atoms with Crippen molar-refractivity contribution in [1.29, 1.82) is 0 Å². The molecule has 1 aliphatic carbocycles. The molecule has 0 spiro atoms. The van der Waals surface area contributed by atoms with Gasteiger partial charge in [-0.1, -0.05) is 12.1 Å². The van der Waals surface area contributed by atoms with E-state index in [-0.39, 0.29) is 49.8 Å². The molecular weight excluding hydrogens is 803 g/mol. The van der Waals surface area contributed by atoms with Gasteiger partial charge < -0.3 is 15.0 Å². The first-order valence-electron chi connectivity index (χ1n) is 21.5. The number of nitrogens with zero attached hydrogens (tertiary/aromatic N) is 10. The van der Waals surface area contributed by atoms with Crippen molar-refractivity contribution in [3.05, 3.63) is 76.7 Å². The van der Waals surface area contributed by atoms with Crippen LogP contribution in [-0.4, -0.2) is 112 Å². The quantitative estimate of drug-likeness (QED) is 0.210. The van der Waals surface area contributed by atoms with Gasteiger partial charge in [-0.3, -0.25) is 38.4 Å². The number of para-hydroxylation sites is 1. The monoisotopic (exact) mass is 848 g/mol. The fourth-order valence-corrected chi connectivity index (χ4v) is 10.7. The topological polar surface area (TPSA) is 179 Å². The summed E-state index contributed by atoms with van der Waals surface area (Å²) in [5, 5.41) is 15.2. The SMILES string of the molecule is Cn1c(=O)n(C2CCC(=O)NC2=O)c2cccc(C3CCN(C[C@H]4CC[C@H](n5cc6cc(NC(=O)c7cnn8ccc(N9C[C@H]%10C[C@@H]9CO%10)nc78)ncc6n5)CC4)CC3(F)F)c21. The highest BCUT2D eigenvalue weighted by molar-refractivity contribution is 6.08. The number of anilines is 2. The standard InChI is InChI=1S/C43H46F2N12O5/c1-52-38-29(3-2-4-33(38)57(42(52)61)34-9-10-37(58)50-41(34)60)31-11-13-53(23-43(31,44)45)19-24-5-7-26(8-6-24)56-20-25-15-35(46-18-32(25)51-56)48-40(59)30-17-47-55-14-12-36(49-39(30)55)54-21-28-16-27(54)22-62-28/h2-4,12,14-15,17-18,20,24,26-28,31,34H,5-11,13,16,19,21-23H2,1H3,(H,48,59)(H,50,58,60)/t24-,26-,27-,28-,31?,34?/m1/s1. The molecule has 0 radical (unpaired) electrons. The van der Waals surface area contributed by atoms with Crippen LogP contribution in [0.3, 0.4) is 0 Å². The van der Waals surface area contributed by atoms with Crippen molar-refractivity contribution in [1.82, 2.24) is 48.7 Å². The number of fused-ring (bicyclic) bond motifs is 5. The van der Waals surface area contributed by atoms with Crippen LogP contribution in [0.5, 0.6) is 0 Å². The van der Waals surface area contributed by atoms with Gasteiger partial charge in [0.15, 0.2) is 5.65 Å². The molecule has 62 heavy (non-hydrogen) atoms. The number of aromatic nitrogens is 8. The van der Waals surface area contributed by atoms with Crippen LogP contribution in [0.15, 0.2) is 59.9 Å². The number of rotatable bonds is 8. The predicted molar refractivity (Wildman–Crippen MR) is 222 cm³/mol. The summed E-state index contributed by atoms with van der Waals surface area (Å²) in [4.78, 5) is 64.8. The summed E-state index contributed by atoms with van der Waals surface area (Å²) in [5.74, 6) is -4.00. The van der Waals surface area contributed by atoms with Gasteiger partial charge in [0.05, 0.1) is 60.7 Å². The molecule has 5 aromatic heterocycles. The van der Waals surface area contributed by atoms with E-state index in [1.165, 1.54) is 15.3 Å². The van der Waals surface area contributed by atoms with Crippen LogP contribution in [-0.2, 0) is 21.4 Å². The third kappa shape index (κ3) is 6.63. The lowest BCUT2D eigenvalue weighted by atomic mass is 9.83. The minimum atomic E-state index is -3.05. The van der Waals surface area contributed by atoms with E-state index in [1.54, 1.807) is 36.0 Å². The average molecular weight is 849 g/mol. The molecule has 4 atom stereocenters. The molecule has 4 saturated heterocycles. The third-order valence-corrected chi connectivity index (χ3v) is 13.9. The van der Waals surface area contributed by atoms with Crippen molar-refractivity contribution in [3.63, 3.8) is 0 Å². The number of imidazole rings is 1. The van der Waals surface area contributed by atoms with Crippen LogP contribution in [0.2, 0.25) is 0 Å². The number of pyridine rings is 1. The number of morpholine rings is 1. The molecule has 2 unspecified atom stereocenters. The summed E-state index contributed by atoms with van der Waals surface area (Å²) in [6.45, 7) is 2.16. The number of aryl methyl sites for hydroxylation is 1. The number of benzene rings is 1. The smallest absolute Gasteiger partial charge is 0.329 e. The lowest BCUT2D eigenvalue weighted by Crippen LogP contribution is -2.49. The highest BCUT2D eigenvalue weighted by Gasteiger charge is 2.47. The first-order valence-corrected chi connectivity index (χ1v) is 21.5. The van der Waals surface area contributed by atoms with Crippen LogP contribution < -0.4 is 21.2 Å². The first-order chi connectivity index (χ1) is 30.0. The molecule has 3 amide bonds. The number of likely N-dealkylation sites (tertiary alicyclic amines) is 1. The van der Waals surface area contributed by atoms with Gasteiger partial charge in [-0.05, 0) is 81.2 Å². The summed E-state index contributed by atoms with van der Waals surface area (Å²) in [6, 6.07) is 8.30. The van der Waals surface area contributed by atoms with Crippen molar-refractivity contribution in [2.45, 2.75) is 87.4 Å². The molecule has 6 aromatic rings. The fraction of sp³-hybridized carbons (Fsp3) is 0.488. The van der Waals surface area contributed by atoms with E-state index in [0.717, 1.165) is 49.9 Å². The maximum Gasteiger partial charge on any atom is 0.329 e. The van der Waals surface area contributed by atoms with Crippen molar-refractivity contribution >= 4 is 56.9 Å². The van der Waals surface area contributed by atoms with Crippen LogP contribution >= 0.6 is 0 Å². The molecule has 5 fully saturated rings. The molecule has 2 N–H and O–H groups in total. The number of ether oxygens (including phenoxy) is 1. The maximum atomic E-state index is 16.2. The Hall–Kier alpha value is -6.08. The zero-order chi connectivity index (χ0) is 42.4. The highest BCUT2D eigenvalue weighted by atomic mass is 19.3. The summed E-state index contributed by atoms with van der Waals surface area (Å²) in [7, 11) is 1.55. The van der Waals surface area contributed by atoms with E-state index in [2.05, 4.69) is 25.6 Å². The fourth-order valence-electron chi connectivity index (χ4n) is 10.7. The number of hydrogen-bond donors (Lipinski definition) is 2. The van der Waals surface area contributed by atoms with Gasteiger partial charge in [-0.2, -0.15) is 10.2 Å². The maximum absolute atomic E-state index is 16.2. The summed E-state index contributed by atoms with van der Waals surface area (Å²) < 4.78 is 44.4. The number of carbonyl (C=O) groups is 3. The molecule has 1 saturated carbocycles. The number of carbonyl (C=O) groups excluding carboxylic acids is 3. The Morgan fingerprint density at radius 3 is 2.68 bits per heavy atom. The molecule has 11 rings (SSSR count). The van der Waals surface area contributed by atoms with Crippen LogP contribution in [0.1, 0.15) is 85.3 Å². The minimum Gasteiger partial charge on any atom is -0.374 e. The summed E-state index contributed by atoms with van der Waals surface area (Å²) in [6.07, 6.45) is 12.1. The molecule has 4 aliphatic heterocycles. The van der Waals surface area contributed by atoms with E-state index in [0.29, 0.717) is 64.9 Å².